The summed E-state index contributed by atoms with van der Waals surface area (Å²) in [4.78, 5) is 22.7. The van der Waals surface area contributed by atoms with Gasteiger partial charge in [0.1, 0.15) is 0 Å². The van der Waals surface area contributed by atoms with Gasteiger partial charge >= 0.3 is 5.97 Å². The Labute approximate surface area is 133 Å². The van der Waals surface area contributed by atoms with Crippen molar-refractivity contribution in [2.45, 2.75) is 19.8 Å². The predicted molar refractivity (Wildman–Crippen MR) is 81.4 cm³/mol. The first-order valence-electron chi connectivity index (χ1n) is 6.42. The zero-order valence-corrected chi connectivity index (χ0v) is 13.3. The number of carbonyl (C=O) groups is 2. The van der Waals surface area contributed by atoms with E-state index in [9.17, 15) is 9.59 Å². The quantitative estimate of drug-likeness (QED) is 0.803. The van der Waals surface area contributed by atoms with E-state index in [0.717, 1.165) is 0 Å². The molecule has 1 atom stereocenters. The molecule has 7 heteroatoms. The number of carboxylic acid groups (broad SMARTS) is 1. The molecule has 0 aliphatic rings. The summed E-state index contributed by atoms with van der Waals surface area (Å²) in [7, 11) is 1.44. The van der Waals surface area contributed by atoms with Crippen LogP contribution in [0.2, 0.25) is 10.0 Å². The van der Waals surface area contributed by atoms with E-state index in [1.54, 1.807) is 0 Å². The van der Waals surface area contributed by atoms with Crippen molar-refractivity contribution in [1.82, 2.24) is 5.32 Å². The molecule has 1 aromatic carbocycles. The van der Waals surface area contributed by atoms with Crippen molar-refractivity contribution < 1.29 is 19.4 Å². The zero-order chi connectivity index (χ0) is 16.0. The van der Waals surface area contributed by atoms with E-state index >= 15 is 0 Å². The molecule has 21 heavy (non-hydrogen) atoms. The van der Waals surface area contributed by atoms with Crippen LogP contribution >= 0.6 is 23.2 Å². The van der Waals surface area contributed by atoms with E-state index in [2.05, 4.69) is 5.32 Å². The van der Waals surface area contributed by atoms with E-state index < -0.39 is 5.97 Å². The number of halogens is 2. The summed E-state index contributed by atoms with van der Waals surface area (Å²) < 4.78 is 5.01. The molecular formula is C14H17Cl2NO4. The predicted octanol–water partition coefficient (Wildman–Crippen LogP) is 3.23. The lowest BCUT2D eigenvalue weighted by Gasteiger charge is -2.14. The minimum atomic E-state index is -0.883. The number of nitrogens with one attached hydrogen (secondary N) is 1. The second-order valence-electron chi connectivity index (χ2n) is 4.56. The third kappa shape index (κ3) is 5.10. The lowest BCUT2D eigenvalue weighted by molar-refractivity contribution is -0.138. The van der Waals surface area contributed by atoms with Gasteiger partial charge in [0.2, 0.25) is 0 Å². The molecule has 0 spiro atoms. The average Bonchev–Trinajstić information content (AvgIpc) is 2.42. The molecule has 0 bridgehead atoms. The highest BCUT2D eigenvalue weighted by Crippen LogP contribution is 2.33. The summed E-state index contributed by atoms with van der Waals surface area (Å²) >= 11 is 11.9. The van der Waals surface area contributed by atoms with E-state index in [0.29, 0.717) is 17.7 Å². The summed E-state index contributed by atoms with van der Waals surface area (Å²) in [5, 5.41) is 11.9. The first-order valence-corrected chi connectivity index (χ1v) is 7.17. The lowest BCUT2D eigenvalue weighted by atomic mass is 10.0. The summed E-state index contributed by atoms with van der Waals surface area (Å²) in [6.45, 7) is 2.16. The highest BCUT2D eigenvalue weighted by molar-refractivity contribution is 6.37. The van der Waals surface area contributed by atoms with Crippen molar-refractivity contribution in [1.29, 1.82) is 0 Å². The van der Waals surface area contributed by atoms with Crippen LogP contribution in [0.1, 0.15) is 30.1 Å². The molecule has 0 fully saturated rings. The topological polar surface area (TPSA) is 75.6 Å². The number of ether oxygens (including phenoxy) is 1. The average molecular weight is 334 g/mol. The first-order chi connectivity index (χ1) is 9.88. The standard InChI is InChI=1S/C14H17Cl2NO4/c1-3-8(4-12(18)19)7-17-14(20)9-5-10(15)13(21-2)11(16)6-9/h5-6,8H,3-4,7H2,1-2H3,(H,17,20)(H,18,19). The number of amides is 1. The van der Waals surface area contributed by atoms with Crippen LogP contribution in [0, 0.1) is 5.92 Å². The molecule has 0 radical (unpaired) electrons. The van der Waals surface area contributed by atoms with Gasteiger partial charge in [-0.15, -0.1) is 0 Å². The second-order valence-corrected chi connectivity index (χ2v) is 5.37. The van der Waals surface area contributed by atoms with Crippen LogP contribution < -0.4 is 10.1 Å². The molecule has 0 aromatic heterocycles. The van der Waals surface area contributed by atoms with E-state index in [4.69, 9.17) is 33.0 Å². The highest BCUT2D eigenvalue weighted by Gasteiger charge is 2.16. The van der Waals surface area contributed by atoms with Gasteiger partial charge in [0, 0.05) is 18.5 Å². The molecule has 0 heterocycles. The van der Waals surface area contributed by atoms with Crippen molar-refractivity contribution in [2.75, 3.05) is 13.7 Å². The van der Waals surface area contributed by atoms with Crippen molar-refractivity contribution in [2.24, 2.45) is 5.92 Å². The number of benzene rings is 1. The fourth-order valence-corrected chi connectivity index (χ4v) is 2.47. The minimum absolute atomic E-state index is 0.0148. The third-order valence-corrected chi connectivity index (χ3v) is 3.62. The minimum Gasteiger partial charge on any atom is -0.494 e. The molecule has 0 aliphatic heterocycles. The summed E-state index contributed by atoms with van der Waals surface area (Å²) in [5.74, 6) is -1.04. The molecule has 5 nitrogen and oxygen atoms in total. The molecule has 0 saturated carbocycles. The lowest BCUT2D eigenvalue weighted by Crippen LogP contribution is -2.30. The van der Waals surface area contributed by atoms with Crippen LogP contribution in [0.5, 0.6) is 5.75 Å². The maximum atomic E-state index is 12.0. The largest absolute Gasteiger partial charge is 0.494 e. The Balaban J connectivity index is 2.74. The smallest absolute Gasteiger partial charge is 0.303 e. The molecular weight excluding hydrogens is 317 g/mol. The molecule has 1 amide bonds. The summed E-state index contributed by atoms with van der Waals surface area (Å²) in [6.07, 6.45) is 0.678. The summed E-state index contributed by atoms with van der Waals surface area (Å²) in [5.41, 5.74) is 0.302. The van der Waals surface area contributed by atoms with E-state index in [-0.39, 0.29) is 34.8 Å². The molecule has 2 N–H and O–H groups in total. The van der Waals surface area contributed by atoms with Gasteiger partial charge in [-0.1, -0.05) is 36.5 Å². The number of aliphatic carboxylic acids is 1. The van der Waals surface area contributed by atoms with Gasteiger partial charge in [-0.05, 0) is 18.1 Å². The van der Waals surface area contributed by atoms with Crippen molar-refractivity contribution in [3.8, 4) is 5.75 Å². The first kappa shape index (κ1) is 17.6. The van der Waals surface area contributed by atoms with Crippen LogP contribution in [-0.4, -0.2) is 30.6 Å². The van der Waals surface area contributed by atoms with Crippen molar-refractivity contribution >= 4 is 35.1 Å². The number of carboxylic acids is 1. The van der Waals surface area contributed by atoms with Crippen molar-refractivity contribution in [3.63, 3.8) is 0 Å². The van der Waals surface area contributed by atoms with Gasteiger partial charge in [-0.3, -0.25) is 9.59 Å². The number of hydrogen-bond donors (Lipinski definition) is 2. The van der Waals surface area contributed by atoms with Gasteiger partial charge in [0.15, 0.2) is 5.75 Å². The Morgan fingerprint density at radius 2 is 1.90 bits per heavy atom. The van der Waals surface area contributed by atoms with Crippen LogP contribution in [0.4, 0.5) is 0 Å². The number of carbonyl (C=O) groups excluding carboxylic acids is 1. The Kier molecular flexibility index (Phi) is 6.78. The van der Waals surface area contributed by atoms with Gasteiger partial charge in [-0.25, -0.2) is 0 Å². The van der Waals surface area contributed by atoms with Crippen LogP contribution in [0.3, 0.4) is 0 Å². The zero-order valence-electron chi connectivity index (χ0n) is 11.8. The van der Waals surface area contributed by atoms with Gasteiger partial charge in [0.25, 0.3) is 5.91 Å². The fraction of sp³-hybridized carbons (Fsp3) is 0.429. The van der Waals surface area contributed by atoms with Gasteiger partial charge < -0.3 is 15.2 Å². The maximum absolute atomic E-state index is 12.0. The molecule has 1 rings (SSSR count). The summed E-state index contributed by atoms with van der Waals surface area (Å²) in [6, 6.07) is 2.92. The monoisotopic (exact) mass is 333 g/mol. The Morgan fingerprint density at radius 3 is 2.33 bits per heavy atom. The molecule has 116 valence electrons. The van der Waals surface area contributed by atoms with E-state index in [1.165, 1.54) is 19.2 Å². The van der Waals surface area contributed by atoms with Crippen LogP contribution in [0.25, 0.3) is 0 Å². The van der Waals surface area contributed by atoms with Crippen LogP contribution in [-0.2, 0) is 4.79 Å². The van der Waals surface area contributed by atoms with Crippen LogP contribution in [0.15, 0.2) is 12.1 Å². The second kappa shape index (κ2) is 8.10. The molecule has 0 saturated heterocycles. The van der Waals surface area contributed by atoms with Gasteiger partial charge in [0.05, 0.1) is 17.2 Å². The fourth-order valence-electron chi connectivity index (χ4n) is 1.83. The van der Waals surface area contributed by atoms with Gasteiger partial charge in [-0.2, -0.15) is 0 Å². The molecule has 0 aliphatic carbocycles. The Hall–Kier alpha value is -1.46. The number of rotatable bonds is 7. The van der Waals surface area contributed by atoms with Crippen molar-refractivity contribution in [3.05, 3.63) is 27.7 Å². The normalized spacial score (nSPS) is 11.8. The molecule has 1 unspecified atom stereocenters. The third-order valence-electron chi connectivity index (χ3n) is 3.06. The Bertz CT molecular complexity index is 511. The van der Waals surface area contributed by atoms with E-state index in [1.807, 2.05) is 6.92 Å². The maximum Gasteiger partial charge on any atom is 0.303 e. The SMILES string of the molecule is CCC(CNC(=O)c1cc(Cl)c(OC)c(Cl)c1)CC(=O)O. The number of methoxy groups -OCH3 is 1. The number of hydrogen-bond acceptors (Lipinski definition) is 3. The highest BCUT2D eigenvalue weighted by atomic mass is 35.5. The Morgan fingerprint density at radius 1 is 1.33 bits per heavy atom. The molecule has 1 aromatic rings.